The second-order valence-corrected chi connectivity index (χ2v) is 4.44. The van der Waals surface area contributed by atoms with Gasteiger partial charge in [-0.2, -0.15) is 13.2 Å². The zero-order chi connectivity index (χ0) is 14.9. The van der Waals surface area contributed by atoms with Crippen LogP contribution in [0.4, 0.5) is 13.2 Å². The number of rotatable bonds is 2. The maximum atomic E-state index is 13.0. The Morgan fingerprint density at radius 2 is 2.15 bits per heavy atom. The summed E-state index contributed by atoms with van der Waals surface area (Å²) in [5.74, 6) is -1.07. The van der Waals surface area contributed by atoms with Crippen LogP contribution < -0.4 is 4.74 Å². The summed E-state index contributed by atoms with van der Waals surface area (Å²) < 4.78 is 48.2. The lowest BCUT2D eigenvalue weighted by Gasteiger charge is -2.27. The summed E-state index contributed by atoms with van der Waals surface area (Å²) in [7, 11) is 0. The highest BCUT2D eigenvalue weighted by molar-refractivity contribution is 6.17. The maximum absolute atomic E-state index is 13.0. The fraction of sp³-hybridized carbons (Fsp3) is 0.308. The van der Waals surface area contributed by atoms with Crippen LogP contribution in [0.2, 0.25) is 0 Å². The van der Waals surface area contributed by atoms with E-state index in [1.807, 2.05) is 0 Å². The van der Waals surface area contributed by atoms with E-state index >= 15 is 0 Å². The standard InChI is InChI=1S/C13H10ClF3O3/c1-7-2-3-10-8(4-7)5-9(12(18)19-6-14)11(20-10)13(15,16)17/h2-5,11H,6H2,1H3/t11-/m0/s1. The Morgan fingerprint density at radius 3 is 2.75 bits per heavy atom. The van der Waals surface area contributed by atoms with E-state index in [0.717, 1.165) is 11.6 Å². The Bertz CT molecular complexity index is 566. The molecule has 0 aliphatic carbocycles. The molecule has 20 heavy (non-hydrogen) atoms. The first-order chi connectivity index (χ1) is 9.32. The second-order valence-electron chi connectivity index (χ2n) is 4.22. The summed E-state index contributed by atoms with van der Waals surface area (Å²) in [5, 5.41) is 0. The summed E-state index contributed by atoms with van der Waals surface area (Å²) >= 11 is 5.21. The quantitative estimate of drug-likeness (QED) is 0.620. The molecular formula is C13H10ClF3O3. The lowest BCUT2D eigenvalue weighted by molar-refractivity contribution is -0.187. The summed E-state index contributed by atoms with van der Waals surface area (Å²) in [4.78, 5) is 11.6. The summed E-state index contributed by atoms with van der Waals surface area (Å²) in [6.07, 6.45) is -5.95. The van der Waals surface area contributed by atoms with Crippen molar-refractivity contribution in [2.24, 2.45) is 0 Å². The van der Waals surface area contributed by atoms with E-state index in [4.69, 9.17) is 16.3 Å². The third-order valence-electron chi connectivity index (χ3n) is 2.72. The highest BCUT2D eigenvalue weighted by Gasteiger charge is 2.48. The van der Waals surface area contributed by atoms with Crippen molar-refractivity contribution in [1.82, 2.24) is 0 Å². The van der Waals surface area contributed by atoms with E-state index < -0.39 is 29.9 Å². The van der Waals surface area contributed by atoms with E-state index in [1.165, 1.54) is 6.07 Å². The van der Waals surface area contributed by atoms with Crippen LogP contribution in [0, 0.1) is 6.92 Å². The van der Waals surface area contributed by atoms with Gasteiger partial charge < -0.3 is 9.47 Å². The minimum Gasteiger partial charge on any atom is -0.475 e. The van der Waals surface area contributed by atoms with E-state index in [2.05, 4.69) is 4.74 Å². The fourth-order valence-electron chi connectivity index (χ4n) is 1.86. The molecule has 0 unspecified atom stereocenters. The van der Waals surface area contributed by atoms with Gasteiger partial charge in [-0.05, 0) is 25.1 Å². The van der Waals surface area contributed by atoms with E-state index in [0.29, 0.717) is 5.56 Å². The highest BCUT2D eigenvalue weighted by atomic mass is 35.5. The Kier molecular flexibility index (Phi) is 3.94. The molecule has 7 heteroatoms. The Hall–Kier alpha value is -1.69. The van der Waals surface area contributed by atoms with Gasteiger partial charge in [-0.3, -0.25) is 0 Å². The average molecular weight is 307 g/mol. The molecule has 1 aromatic rings. The largest absolute Gasteiger partial charge is 0.475 e. The monoisotopic (exact) mass is 306 g/mol. The van der Waals surface area contributed by atoms with Crippen molar-refractivity contribution in [3.63, 3.8) is 0 Å². The van der Waals surface area contributed by atoms with Gasteiger partial charge in [0.05, 0.1) is 5.57 Å². The van der Waals surface area contributed by atoms with Crippen molar-refractivity contribution < 1.29 is 27.4 Å². The molecular weight excluding hydrogens is 297 g/mol. The van der Waals surface area contributed by atoms with Crippen LogP contribution in [0.5, 0.6) is 5.75 Å². The predicted octanol–water partition coefficient (Wildman–Crippen LogP) is 3.44. The third-order valence-corrected chi connectivity index (χ3v) is 2.83. The van der Waals surface area contributed by atoms with Crippen molar-refractivity contribution in [2.45, 2.75) is 19.2 Å². The Labute approximate surface area is 117 Å². The number of benzene rings is 1. The van der Waals surface area contributed by atoms with Gasteiger partial charge in [0.2, 0.25) is 6.10 Å². The maximum Gasteiger partial charge on any atom is 0.430 e. The lowest BCUT2D eigenvalue weighted by Crippen LogP contribution is -2.40. The van der Waals surface area contributed by atoms with Gasteiger partial charge in [-0.25, -0.2) is 4.79 Å². The van der Waals surface area contributed by atoms with E-state index in [9.17, 15) is 18.0 Å². The van der Waals surface area contributed by atoms with Gasteiger partial charge in [0.1, 0.15) is 5.75 Å². The molecule has 0 spiro atoms. The van der Waals surface area contributed by atoms with Crippen LogP contribution in [0.25, 0.3) is 6.08 Å². The van der Waals surface area contributed by atoms with E-state index in [1.54, 1.807) is 19.1 Å². The van der Waals surface area contributed by atoms with Crippen LogP contribution in [0.15, 0.2) is 23.8 Å². The Morgan fingerprint density at radius 1 is 1.45 bits per heavy atom. The summed E-state index contributed by atoms with van der Waals surface area (Å²) in [6, 6.07) is 4.16. The molecule has 1 atom stereocenters. The van der Waals surface area contributed by atoms with Crippen molar-refractivity contribution in [2.75, 3.05) is 6.07 Å². The van der Waals surface area contributed by atoms with E-state index in [-0.39, 0.29) is 5.75 Å². The highest BCUT2D eigenvalue weighted by Crippen LogP contribution is 2.37. The number of carbonyl (C=O) groups is 1. The topological polar surface area (TPSA) is 35.5 Å². The fourth-order valence-corrected chi connectivity index (χ4v) is 1.96. The number of aryl methyl sites for hydroxylation is 1. The summed E-state index contributed by atoms with van der Waals surface area (Å²) in [5.41, 5.74) is 0.613. The number of hydrogen-bond donors (Lipinski definition) is 0. The normalized spacial score (nSPS) is 17.9. The van der Waals surface area contributed by atoms with Crippen LogP contribution in [0.1, 0.15) is 11.1 Å². The first-order valence-corrected chi connectivity index (χ1v) is 6.15. The zero-order valence-electron chi connectivity index (χ0n) is 10.3. The van der Waals surface area contributed by atoms with Crippen molar-refractivity contribution in [3.05, 3.63) is 34.9 Å². The molecule has 108 valence electrons. The SMILES string of the molecule is Cc1ccc2c(c1)C=C(C(=O)OCCl)[C@@H](C(F)(F)F)O2. The van der Waals surface area contributed by atoms with Gasteiger partial charge in [0, 0.05) is 5.56 Å². The number of esters is 1. The molecule has 2 rings (SSSR count). The van der Waals surface area contributed by atoms with Crippen LogP contribution in [-0.2, 0) is 9.53 Å². The second kappa shape index (κ2) is 5.36. The molecule has 0 saturated heterocycles. The first kappa shape index (κ1) is 14.7. The molecule has 0 amide bonds. The molecule has 0 N–H and O–H groups in total. The zero-order valence-corrected chi connectivity index (χ0v) is 11.1. The van der Waals surface area contributed by atoms with Crippen LogP contribution in [-0.4, -0.2) is 24.3 Å². The average Bonchev–Trinajstić information content (AvgIpc) is 2.36. The number of halogens is 4. The minimum atomic E-state index is -4.72. The van der Waals surface area contributed by atoms with Gasteiger partial charge in [-0.15, -0.1) is 0 Å². The smallest absolute Gasteiger partial charge is 0.430 e. The van der Waals surface area contributed by atoms with Gasteiger partial charge in [-0.1, -0.05) is 23.2 Å². The number of hydrogen-bond acceptors (Lipinski definition) is 3. The summed E-state index contributed by atoms with van der Waals surface area (Å²) in [6.45, 7) is 1.78. The lowest BCUT2D eigenvalue weighted by atomic mass is 10.00. The first-order valence-electron chi connectivity index (χ1n) is 5.61. The molecule has 1 aromatic carbocycles. The molecule has 1 aliphatic rings. The van der Waals surface area contributed by atoms with Gasteiger partial charge in [0.15, 0.2) is 6.07 Å². The van der Waals surface area contributed by atoms with Crippen LogP contribution >= 0.6 is 11.6 Å². The van der Waals surface area contributed by atoms with Crippen LogP contribution in [0.3, 0.4) is 0 Å². The molecule has 0 aromatic heterocycles. The van der Waals surface area contributed by atoms with Crippen molar-refractivity contribution in [3.8, 4) is 5.75 Å². The Balaban J connectivity index is 2.48. The molecule has 1 aliphatic heterocycles. The molecule has 3 nitrogen and oxygen atoms in total. The number of alkyl halides is 4. The number of ether oxygens (including phenoxy) is 2. The number of fused-ring (bicyclic) bond motifs is 1. The van der Waals surface area contributed by atoms with Gasteiger partial charge >= 0.3 is 12.1 Å². The molecule has 0 fully saturated rings. The molecule has 0 radical (unpaired) electrons. The minimum absolute atomic E-state index is 0.0698. The molecule has 0 saturated carbocycles. The molecule has 1 heterocycles. The van der Waals surface area contributed by atoms with Crippen molar-refractivity contribution in [1.29, 1.82) is 0 Å². The molecule has 0 bridgehead atoms. The van der Waals surface area contributed by atoms with Crippen molar-refractivity contribution >= 4 is 23.6 Å². The predicted molar refractivity (Wildman–Crippen MR) is 66.4 cm³/mol. The third kappa shape index (κ3) is 2.90. The number of carbonyl (C=O) groups excluding carboxylic acids is 1. The van der Waals surface area contributed by atoms with Gasteiger partial charge in [0.25, 0.3) is 0 Å².